The second kappa shape index (κ2) is 8.67. The molecule has 0 radical (unpaired) electrons. The van der Waals surface area contributed by atoms with E-state index in [1.54, 1.807) is 18.2 Å². The van der Waals surface area contributed by atoms with E-state index < -0.39 is 5.91 Å². The summed E-state index contributed by atoms with van der Waals surface area (Å²) < 4.78 is 5.47. The van der Waals surface area contributed by atoms with Crippen molar-refractivity contribution in [3.05, 3.63) is 95.6 Å². The summed E-state index contributed by atoms with van der Waals surface area (Å²) in [4.78, 5) is 23.5. The van der Waals surface area contributed by atoms with Crippen LogP contribution in [-0.4, -0.2) is 18.4 Å². The maximum atomic E-state index is 12.3. The van der Waals surface area contributed by atoms with Gasteiger partial charge in [0.25, 0.3) is 5.91 Å². The molecule has 3 N–H and O–H groups in total. The minimum absolute atomic E-state index is 0.165. The van der Waals surface area contributed by atoms with Gasteiger partial charge in [-0.2, -0.15) is 0 Å². The third kappa shape index (κ3) is 5.19. The van der Waals surface area contributed by atoms with Gasteiger partial charge in [0.05, 0.1) is 0 Å². The molecule has 0 atom stereocenters. The highest BCUT2D eigenvalue weighted by Crippen LogP contribution is 2.19. The first kappa shape index (κ1) is 18.2. The molecule has 0 saturated heterocycles. The largest absolute Gasteiger partial charge is 0.484 e. The molecule has 136 valence electrons. The molecule has 0 unspecified atom stereocenters. The monoisotopic (exact) mass is 360 g/mol. The average Bonchev–Trinajstić information content (AvgIpc) is 2.69. The van der Waals surface area contributed by atoms with Crippen molar-refractivity contribution in [2.45, 2.75) is 6.42 Å². The van der Waals surface area contributed by atoms with Crippen molar-refractivity contribution in [1.29, 1.82) is 0 Å². The molecule has 5 heteroatoms. The van der Waals surface area contributed by atoms with E-state index in [2.05, 4.69) is 5.32 Å². The molecule has 0 aliphatic carbocycles. The van der Waals surface area contributed by atoms with Crippen molar-refractivity contribution in [3.8, 4) is 5.75 Å². The Hall–Kier alpha value is -3.60. The van der Waals surface area contributed by atoms with Crippen LogP contribution in [0.15, 0.2) is 78.9 Å². The first-order valence-electron chi connectivity index (χ1n) is 8.56. The van der Waals surface area contributed by atoms with Crippen molar-refractivity contribution in [1.82, 2.24) is 0 Å². The van der Waals surface area contributed by atoms with Crippen LogP contribution in [-0.2, 0) is 11.2 Å². The van der Waals surface area contributed by atoms with Crippen molar-refractivity contribution in [2.75, 3.05) is 11.9 Å². The molecule has 3 aromatic carbocycles. The van der Waals surface area contributed by atoms with Gasteiger partial charge in [0.15, 0.2) is 6.61 Å². The Morgan fingerprint density at radius 1 is 0.889 bits per heavy atom. The number of nitrogens with two attached hydrogens (primary N) is 1. The summed E-state index contributed by atoms with van der Waals surface area (Å²) in [6.45, 7) is -0.165. The molecule has 5 nitrogen and oxygen atoms in total. The Kier molecular flexibility index (Phi) is 5.84. The van der Waals surface area contributed by atoms with Gasteiger partial charge in [-0.25, -0.2) is 0 Å². The summed E-state index contributed by atoms with van der Waals surface area (Å²) >= 11 is 0. The molecule has 27 heavy (non-hydrogen) atoms. The zero-order chi connectivity index (χ0) is 19.1. The number of carbonyl (C=O) groups is 2. The quantitative estimate of drug-likeness (QED) is 0.678. The minimum atomic E-state index is -0.542. The SMILES string of the molecule is NC(=O)c1cccc(OCC(=O)Nc2ccccc2Cc2ccccc2)c1. The smallest absolute Gasteiger partial charge is 0.262 e. The molecule has 0 heterocycles. The van der Waals surface area contributed by atoms with Crippen molar-refractivity contribution < 1.29 is 14.3 Å². The van der Waals surface area contributed by atoms with Crippen LogP contribution < -0.4 is 15.8 Å². The molecular weight excluding hydrogens is 340 g/mol. The second-order valence-electron chi connectivity index (χ2n) is 6.05. The highest BCUT2D eigenvalue weighted by atomic mass is 16.5. The van der Waals surface area contributed by atoms with E-state index in [0.717, 1.165) is 17.7 Å². The van der Waals surface area contributed by atoms with Gasteiger partial charge >= 0.3 is 0 Å². The number of rotatable bonds is 7. The fourth-order valence-electron chi connectivity index (χ4n) is 2.69. The number of para-hydroxylation sites is 1. The van der Waals surface area contributed by atoms with Gasteiger partial charge in [0.2, 0.25) is 5.91 Å². The summed E-state index contributed by atoms with van der Waals surface area (Å²) in [5, 5.41) is 2.88. The van der Waals surface area contributed by atoms with E-state index in [1.807, 2.05) is 54.6 Å². The Bertz CT molecular complexity index is 939. The fourth-order valence-corrected chi connectivity index (χ4v) is 2.69. The van der Waals surface area contributed by atoms with Crippen LogP contribution in [0, 0.1) is 0 Å². The molecule has 0 aromatic heterocycles. The van der Waals surface area contributed by atoms with Gasteiger partial charge in [-0.15, -0.1) is 0 Å². The van der Waals surface area contributed by atoms with Crippen molar-refractivity contribution in [3.63, 3.8) is 0 Å². The summed E-state index contributed by atoms with van der Waals surface area (Å²) in [5.41, 5.74) is 8.52. The van der Waals surface area contributed by atoms with E-state index >= 15 is 0 Å². The standard InChI is InChI=1S/C22H20N2O3/c23-22(26)18-10-6-11-19(14-18)27-15-21(25)24-20-12-5-4-9-17(20)13-16-7-2-1-3-8-16/h1-12,14H,13,15H2,(H2,23,26)(H,24,25). The van der Waals surface area contributed by atoms with E-state index in [1.165, 1.54) is 11.6 Å². The maximum Gasteiger partial charge on any atom is 0.262 e. The average molecular weight is 360 g/mol. The van der Waals surface area contributed by atoms with Crippen LogP contribution in [0.5, 0.6) is 5.75 Å². The Labute approximate surface area is 157 Å². The van der Waals surface area contributed by atoms with Crippen molar-refractivity contribution in [2.24, 2.45) is 5.73 Å². The summed E-state index contributed by atoms with van der Waals surface area (Å²) in [7, 11) is 0. The number of carbonyl (C=O) groups excluding carboxylic acids is 2. The molecule has 0 aliphatic rings. The number of benzene rings is 3. The Morgan fingerprint density at radius 3 is 2.41 bits per heavy atom. The van der Waals surface area contributed by atoms with Crippen LogP contribution in [0.2, 0.25) is 0 Å². The van der Waals surface area contributed by atoms with Crippen LogP contribution in [0.3, 0.4) is 0 Å². The predicted molar refractivity (Wildman–Crippen MR) is 105 cm³/mol. The third-order valence-corrected chi connectivity index (χ3v) is 4.02. The lowest BCUT2D eigenvalue weighted by Gasteiger charge is -2.12. The van der Waals surface area contributed by atoms with E-state index in [0.29, 0.717) is 11.3 Å². The van der Waals surface area contributed by atoms with Crippen LogP contribution >= 0.6 is 0 Å². The summed E-state index contributed by atoms with van der Waals surface area (Å²) in [6, 6.07) is 24.2. The van der Waals surface area contributed by atoms with Crippen LogP contribution in [0.4, 0.5) is 5.69 Å². The minimum Gasteiger partial charge on any atom is -0.484 e. The first-order valence-corrected chi connectivity index (χ1v) is 8.56. The Morgan fingerprint density at radius 2 is 1.63 bits per heavy atom. The lowest BCUT2D eigenvalue weighted by molar-refractivity contribution is -0.118. The number of anilines is 1. The number of amides is 2. The second-order valence-corrected chi connectivity index (χ2v) is 6.05. The summed E-state index contributed by atoms with van der Waals surface area (Å²) in [5.74, 6) is -0.404. The number of nitrogens with one attached hydrogen (secondary N) is 1. The zero-order valence-electron chi connectivity index (χ0n) is 14.7. The van der Waals surface area contributed by atoms with E-state index in [-0.39, 0.29) is 12.5 Å². The van der Waals surface area contributed by atoms with E-state index in [4.69, 9.17) is 10.5 Å². The highest BCUT2D eigenvalue weighted by Gasteiger charge is 2.09. The van der Waals surface area contributed by atoms with Gasteiger partial charge < -0.3 is 15.8 Å². The van der Waals surface area contributed by atoms with Crippen LogP contribution in [0.25, 0.3) is 0 Å². The van der Waals surface area contributed by atoms with Gasteiger partial charge in [0, 0.05) is 11.3 Å². The maximum absolute atomic E-state index is 12.3. The first-order chi connectivity index (χ1) is 13.1. The van der Waals surface area contributed by atoms with E-state index in [9.17, 15) is 9.59 Å². The molecule has 0 spiro atoms. The normalized spacial score (nSPS) is 10.2. The molecule has 3 aromatic rings. The zero-order valence-corrected chi connectivity index (χ0v) is 14.7. The molecule has 2 amide bonds. The molecule has 0 bridgehead atoms. The van der Waals surface area contributed by atoms with Gasteiger partial charge in [0.1, 0.15) is 5.75 Å². The highest BCUT2D eigenvalue weighted by molar-refractivity contribution is 5.94. The topological polar surface area (TPSA) is 81.4 Å². The fraction of sp³-hybridized carbons (Fsp3) is 0.0909. The lowest BCUT2D eigenvalue weighted by Crippen LogP contribution is -2.21. The third-order valence-electron chi connectivity index (χ3n) is 4.02. The molecular formula is C22H20N2O3. The van der Waals surface area contributed by atoms with Gasteiger partial charge in [-0.3, -0.25) is 9.59 Å². The number of hydrogen-bond acceptors (Lipinski definition) is 3. The number of primary amides is 1. The van der Waals surface area contributed by atoms with Crippen LogP contribution in [0.1, 0.15) is 21.5 Å². The van der Waals surface area contributed by atoms with Gasteiger partial charge in [-0.1, -0.05) is 54.6 Å². The lowest BCUT2D eigenvalue weighted by atomic mass is 10.0. The molecule has 3 rings (SSSR count). The predicted octanol–water partition coefficient (Wildman–Crippen LogP) is 3.39. The summed E-state index contributed by atoms with van der Waals surface area (Å²) in [6.07, 6.45) is 0.721. The number of ether oxygens (including phenoxy) is 1. The Balaban J connectivity index is 1.63. The van der Waals surface area contributed by atoms with Gasteiger partial charge in [-0.05, 0) is 41.8 Å². The van der Waals surface area contributed by atoms with Crippen molar-refractivity contribution >= 4 is 17.5 Å². The molecule has 0 aliphatic heterocycles. The molecule has 0 saturated carbocycles. The molecule has 0 fully saturated rings. The number of hydrogen-bond donors (Lipinski definition) is 2.